The Kier molecular flexibility index (Phi) is 5.06. The number of hydrogen-bond acceptors (Lipinski definition) is 7. The summed E-state index contributed by atoms with van der Waals surface area (Å²) in [5.41, 5.74) is 1.04. The second-order valence-electron chi connectivity index (χ2n) is 7.08. The molecule has 3 aromatic carbocycles. The van der Waals surface area contributed by atoms with Gasteiger partial charge in [-0.15, -0.1) is 0 Å². The van der Waals surface area contributed by atoms with Crippen molar-refractivity contribution in [2.24, 2.45) is 0 Å². The van der Waals surface area contributed by atoms with Crippen LogP contribution in [0.1, 0.15) is 0 Å². The number of fused-ring (bicyclic) bond motifs is 1. The monoisotopic (exact) mass is 444 g/mol. The van der Waals surface area contributed by atoms with Gasteiger partial charge in [-0.1, -0.05) is 23.4 Å². The summed E-state index contributed by atoms with van der Waals surface area (Å²) in [4.78, 5) is 17.6. The molecule has 0 saturated heterocycles. The van der Waals surface area contributed by atoms with Gasteiger partial charge in [0.05, 0.1) is 25.3 Å². The Bertz CT molecular complexity index is 1530. The van der Waals surface area contributed by atoms with Crippen molar-refractivity contribution in [2.45, 2.75) is 0 Å². The van der Waals surface area contributed by atoms with E-state index in [4.69, 9.17) is 14.0 Å². The normalized spacial score (nSPS) is 11.0. The molecule has 5 aromatic rings. The molecule has 0 fully saturated rings. The molecule has 33 heavy (non-hydrogen) atoms. The first kappa shape index (κ1) is 20.4. The lowest BCUT2D eigenvalue weighted by molar-refractivity contribution is 0.355. The fraction of sp³-hybridized carbons (Fsp3) is 0.0833. The van der Waals surface area contributed by atoms with Crippen LogP contribution in [0.5, 0.6) is 11.5 Å². The lowest BCUT2D eigenvalue weighted by atomic mass is 10.1. The molecule has 2 aromatic heterocycles. The van der Waals surface area contributed by atoms with Gasteiger partial charge in [-0.2, -0.15) is 14.8 Å². The van der Waals surface area contributed by atoms with Crippen LogP contribution in [0, 0.1) is 5.82 Å². The Labute approximate surface area is 186 Å². The molecule has 0 saturated carbocycles. The highest BCUT2D eigenvalue weighted by Gasteiger charge is 2.19. The molecule has 0 unspecified atom stereocenters. The Morgan fingerprint density at radius 1 is 0.909 bits per heavy atom. The maximum atomic E-state index is 13.4. The largest absolute Gasteiger partial charge is 0.493 e. The summed E-state index contributed by atoms with van der Waals surface area (Å²) in [6, 6.07) is 17.7. The number of benzene rings is 3. The Morgan fingerprint density at radius 2 is 1.64 bits per heavy atom. The average Bonchev–Trinajstić information content (AvgIpc) is 3.35. The Hall–Kier alpha value is -4.53. The first-order valence-electron chi connectivity index (χ1n) is 9.93. The van der Waals surface area contributed by atoms with Crippen molar-refractivity contribution in [1.82, 2.24) is 19.9 Å². The van der Waals surface area contributed by atoms with Crippen molar-refractivity contribution >= 4 is 10.8 Å². The number of nitrogens with zero attached hydrogens (tertiary/aromatic N) is 4. The summed E-state index contributed by atoms with van der Waals surface area (Å²) < 4.78 is 30.7. The van der Waals surface area contributed by atoms with E-state index in [9.17, 15) is 9.18 Å². The van der Waals surface area contributed by atoms with Crippen LogP contribution in [0.3, 0.4) is 0 Å². The van der Waals surface area contributed by atoms with Gasteiger partial charge in [0.15, 0.2) is 17.2 Å². The van der Waals surface area contributed by atoms with Gasteiger partial charge in [-0.3, -0.25) is 4.79 Å². The zero-order valence-electron chi connectivity index (χ0n) is 17.7. The van der Waals surface area contributed by atoms with Crippen molar-refractivity contribution < 1.29 is 18.4 Å². The molecule has 164 valence electrons. The van der Waals surface area contributed by atoms with Crippen LogP contribution in [0.15, 0.2) is 76.0 Å². The number of rotatable bonds is 5. The number of methoxy groups -OCH3 is 2. The fourth-order valence-electron chi connectivity index (χ4n) is 3.52. The van der Waals surface area contributed by atoms with Gasteiger partial charge in [0.2, 0.25) is 5.82 Å². The minimum Gasteiger partial charge on any atom is -0.493 e. The number of halogens is 1. The van der Waals surface area contributed by atoms with E-state index >= 15 is 0 Å². The van der Waals surface area contributed by atoms with Gasteiger partial charge in [-0.05, 0) is 48.5 Å². The number of aromatic nitrogens is 4. The molecule has 8 nitrogen and oxygen atoms in total. The van der Waals surface area contributed by atoms with Crippen LogP contribution >= 0.6 is 0 Å². The second kappa shape index (κ2) is 8.19. The molecule has 0 amide bonds. The fourth-order valence-corrected chi connectivity index (χ4v) is 3.52. The highest BCUT2D eigenvalue weighted by Crippen LogP contribution is 2.32. The van der Waals surface area contributed by atoms with Gasteiger partial charge >= 0.3 is 0 Å². The van der Waals surface area contributed by atoms with Crippen LogP contribution in [0.25, 0.3) is 39.4 Å². The number of ether oxygens (including phenoxy) is 2. The third-order valence-corrected chi connectivity index (χ3v) is 5.15. The zero-order valence-corrected chi connectivity index (χ0v) is 17.7. The smallest absolute Gasteiger partial charge is 0.279 e. The second-order valence-corrected chi connectivity index (χ2v) is 7.08. The molecule has 5 rings (SSSR count). The van der Waals surface area contributed by atoms with E-state index in [1.165, 1.54) is 36.1 Å². The minimum atomic E-state index is -0.413. The lowest BCUT2D eigenvalue weighted by Gasteiger charge is -2.09. The minimum absolute atomic E-state index is 0.131. The average molecular weight is 444 g/mol. The molecule has 0 bridgehead atoms. The van der Waals surface area contributed by atoms with Crippen LogP contribution in [0.4, 0.5) is 4.39 Å². The van der Waals surface area contributed by atoms with Crippen molar-refractivity contribution in [2.75, 3.05) is 14.2 Å². The molecule has 0 aliphatic rings. The Balaban J connectivity index is 1.67. The van der Waals surface area contributed by atoms with E-state index in [0.717, 1.165) is 0 Å². The van der Waals surface area contributed by atoms with Gasteiger partial charge in [0.1, 0.15) is 5.82 Å². The van der Waals surface area contributed by atoms with Crippen molar-refractivity contribution in [3.05, 3.63) is 82.9 Å². The maximum absolute atomic E-state index is 13.4. The molecular weight excluding hydrogens is 427 g/mol. The predicted molar refractivity (Wildman–Crippen MR) is 119 cm³/mol. The standard InChI is InChI=1S/C24H17FN4O4/c1-31-19-12-7-14(13-20(19)32-2)22-26-23(33-28-22)21-17-5-3-4-6-18(17)24(30)29(27-21)16-10-8-15(25)9-11-16/h3-13H,1-2H3. The molecule has 0 atom stereocenters. The van der Waals surface area contributed by atoms with Gasteiger partial charge in [-0.25, -0.2) is 4.39 Å². The first-order valence-corrected chi connectivity index (χ1v) is 9.93. The van der Waals surface area contributed by atoms with Crippen LogP contribution in [-0.2, 0) is 0 Å². The molecule has 2 heterocycles. The topological polar surface area (TPSA) is 92.3 Å². The third-order valence-electron chi connectivity index (χ3n) is 5.15. The summed E-state index contributed by atoms with van der Waals surface area (Å²) >= 11 is 0. The van der Waals surface area contributed by atoms with E-state index in [2.05, 4.69) is 15.2 Å². The third kappa shape index (κ3) is 3.59. The van der Waals surface area contributed by atoms with Gasteiger partial charge in [0.25, 0.3) is 11.4 Å². The first-order chi connectivity index (χ1) is 16.1. The Morgan fingerprint density at radius 3 is 2.36 bits per heavy atom. The molecule has 0 aliphatic carbocycles. The van der Waals surface area contributed by atoms with E-state index in [1.807, 2.05) is 0 Å². The molecule has 9 heteroatoms. The summed E-state index contributed by atoms with van der Waals surface area (Å²) in [6.07, 6.45) is 0. The van der Waals surface area contributed by atoms with Gasteiger partial charge in [0, 0.05) is 10.9 Å². The van der Waals surface area contributed by atoms with Crippen molar-refractivity contribution in [3.63, 3.8) is 0 Å². The molecule has 0 N–H and O–H groups in total. The molecule has 0 spiro atoms. The quantitative estimate of drug-likeness (QED) is 0.400. The van der Waals surface area contributed by atoms with Crippen LogP contribution < -0.4 is 15.0 Å². The predicted octanol–water partition coefficient (Wildman–Crippen LogP) is 4.26. The van der Waals surface area contributed by atoms with Gasteiger partial charge < -0.3 is 14.0 Å². The van der Waals surface area contributed by atoms with Crippen molar-refractivity contribution in [3.8, 4) is 40.2 Å². The summed E-state index contributed by atoms with van der Waals surface area (Å²) in [6.45, 7) is 0. The SMILES string of the molecule is COc1ccc(-c2noc(-c3nn(-c4ccc(F)cc4)c(=O)c4ccccc34)n2)cc1OC. The molecular formula is C24H17FN4O4. The van der Waals surface area contributed by atoms with Crippen LogP contribution in [0.2, 0.25) is 0 Å². The van der Waals surface area contributed by atoms with Crippen molar-refractivity contribution in [1.29, 1.82) is 0 Å². The molecule has 0 radical (unpaired) electrons. The van der Waals surface area contributed by atoms with E-state index in [1.54, 1.807) is 49.6 Å². The lowest BCUT2D eigenvalue weighted by Crippen LogP contribution is -2.22. The highest BCUT2D eigenvalue weighted by molar-refractivity contribution is 5.92. The zero-order chi connectivity index (χ0) is 22.9. The van der Waals surface area contributed by atoms with E-state index < -0.39 is 5.82 Å². The van der Waals surface area contributed by atoms with Crippen LogP contribution in [-0.4, -0.2) is 34.1 Å². The summed E-state index contributed by atoms with van der Waals surface area (Å²) in [7, 11) is 3.09. The summed E-state index contributed by atoms with van der Waals surface area (Å²) in [5, 5.41) is 9.53. The highest BCUT2D eigenvalue weighted by atomic mass is 19.1. The molecule has 0 aliphatic heterocycles. The number of hydrogen-bond donors (Lipinski definition) is 0. The van der Waals surface area contributed by atoms with E-state index in [0.29, 0.717) is 45.0 Å². The summed E-state index contributed by atoms with van der Waals surface area (Å²) in [5.74, 6) is 1.13. The maximum Gasteiger partial charge on any atom is 0.279 e. The van der Waals surface area contributed by atoms with E-state index in [-0.39, 0.29) is 11.4 Å².